The smallest absolute Gasteiger partial charge is 0.254 e. The van der Waals surface area contributed by atoms with Gasteiger partial charge >= 0.3 is 0 Å². The van der Waals surface area contributed by atoms with Gasteiger partial charge in [0.05, 0.1) is 0 Å². The molecule has 35 heavy (non-hydrogen) atoms. The zero-order valence-corrected chi connectivity index (χ0v) is 21.3. The molecule has 2 aromatic carbocycles. The first-order valence-electron chi connectivity index (χ1n) is 13.7. The van der Waals surface area contributed by atoms with Crippen LogP contribution in [0.3, 0.4) is 0 Å². The summed E-state index contributed by atoms with van der Waals surface area (Å²) in [5, 5.41) is 10.6. The molecule has 184 valence electrons. The van der Waals surface area contributed by atoms with Gasteiger partial charge in [-0.15, -0.1) is 0 Å². The van der Waals surface area contributed by atoms with E-state index in [4.69, 9.17) is 0 Å². The lowest BCUT2D eigenvalue weighted by Gasteiger charge is -2.67. The van der Waals surface area contributed by atoms with Gasteiger partial charge in [0.2, 0.25) is 0 Å². The highest BCUT2D eigenvalue weighted by molar-refractivity contribution is 5.94. The van der Waals surface area contributed by atoms with Gasteiger partial charge in [-0.05, 0) is 96.7 Å². The van der Waals surface area contributed by atoms with Crippen LogP contribution in [0.5, 0.6) is 5.75 Å². The van der Waals surface area contributed by atoms with E-state index in [1.807, 2.05) is 36.4 Å². The number of hydrogen-bond donors (Lipinski definition) is 1. The number of hydrogen-bond acceptors (Lipinski definition) is 3. The SMILES string of the molecule is CC(C)(C)CN1CCC23c4cc(O)ccc4CC1C21CCC2C3[C@@H](CN2C(=O)c2ccccc2)C1. The Kier molecular flexibility index (Phi) is 4.46. The summed E-state index contributed by atoms with van der Waals surface area (Å²) in [6.45, 7) is 10.3. The number of nitrogens with zero attached hydrogens (tertiary/aromatic N) is 2. The highest BCUT2D eigenvalue weighted by atomic mass is 16.3. The number of benzene rings is 2. The number of phenolic OH excluding ortho intramolecular Hbond substituents is 1. The van der Waals surface area contributed by atoms with Crippen molar-refractivity contribution in [1.82, 2.24) is 9.80 Å². The molecule has 2 aliphatic heterocycles. The fraction of sp³-hybridized carbons (Fsp3) is 0.581. The summed E-state index contributed by atoms with van der Waals surface area (Å²) in [7, 11) is 0. The number of piperidine rings is 1. The van der Waals surface area contributed by atoms with E-state index in [1.165, 1.54) is 24.0 Å². The van der Waals surface area contributed by atoms with Gasteiger partial charge in [-0.3, -0.25) is 9.69 Å². The van der Waals surface area contributed by atoms with E-state index in [1.54, 1.807) is 0 Å². The molecule has 0 radical (unpaired) electrons. The van der Waals surface area contributed by atoms with Crippen LogP contribution in [0.4, 0.5) is 0 Å². The number of carbonyl (C=O) groups excluding carboxylic acids is 1. The first-order valence-corrected chi connectivity index (χ1v) is 13.7. The van der Waals surface area contributed by atoms with Crippen molar-refractivity contribution in [2.45, 2.75) is 70.4 Å². The van der Waals surface area contributed by atoms with Gasteiger partial charge in [0.15, 0.2) is 0 Å². The zero-order valence-electron chi connectivity index (χ0n) is 21.3. The summed E-state index contributed by atoms with van der Waals surface area (Å²) in [6, 6.07) is 17.0. The number of amides is 1. The third kappa shape index (κ3) is 2.81. The lowest BCUT2D eigenvalue weighted by atomic mass is 9.43. The largest absolute Gasteiger partial charge is 0.508 e. The maximum absolute atomic E-state index is 13.7. The molecule has 1 N–H and O–H groups in total. The molecule has 0 spiro atoms. The summed E-state index contributed by atoms with van der Waals surface area (Å²) in [6.07, 6.45) is 5.80. The van der Waals surface area contributed by atoms with E-state index < -0.39 is 0 Å². The van der Waals surface area contributed by atoms with Gasteiger partial charge < -0.3 is 10.0 Å². The highest BCUT2D eigenvalue weighted by Crippen LogP contribution is 2.75. The molecule has 4 fully saturated rings. The Labute approximate surface area is 209 Å². The molecular formula is C31H38N2O2. The van der Waals surface area contributed by atoms with Crippen LogP contribution in [0, 0.1) is 22.7 Å². The van der Waals surface area contributed by atoms with E-state index >= 15 is 0 Å². The van der Waals surface area contributed by atoms with E-state index in [0.717, 1.165) is 44.5 Å². The predicted molar refractivity (Wildman–Crippen MR) is 137 cm³/mol. The number of likely N-dealkylation sites (tertiary alicyclic amines) is 2. The van der Waals surface area contributed by atoms with Crippen molar-refractivity contribution in [2.24, 2.45) is 22.7 Å². The van der Waals surface area contributed by atoms with Crippen LogP contribution >= 0.6 is 0 Å². The van der Waals surface area contributed by atoms with Crippen molar-refractivity contribution in [1.29, 1.82) is 0 Å². The minimum absolute atomic E-state index is 0.0810. The molecule has 2 heterocycles. The van der Waals surface area contributed by atoms with Crippen LogP contribution in [0.1, 0.15) is 67.9 Å². The number of rotatable bonds is 2. The minimum atomic E-state index is 0.0810. The van der Waals surface area contributed by atoms with Gasteiger partial charge in [0.1, 0.15) is 5.75 Å². The highest BCUT2D eigenvalue weighted by Gasteiger charge is 2.76. The first-order chi connectivity index (χ1) is 16.7. The van der Waals surface area contributed by atoms with E-state index in [2.05, 4.69) is 42.7 Å². The fourth-order valence-electron chi connectivity index (χ4n) is 9.87. The fourth-order valence-corrected chi connectivity index (χ4v) is 9.87. The zero-order chi connectivity index (χ0) is 24.2. The lowest BCUT2D eigenvalue weighted by molar-refractivity contribution is -0.108. The summed E-state index contributed by atoms with van der Waals surface area (Å²) in [4.78, 5) is 18.8. The minimum Gasteiger partial charge on any atom is -0.508 e. The number of aromatic hydroxyl groups is 1. The molecule has 1 amide bonds. The second kappa shape index (κ2) is 7.12. The number of phenols is 1. The van der Waals surface area contributed by atoms with Crippen LogP contribution in [-0.2, 0) is 11.8 Å². The van der Waals surface area contributed by atoms with E-state index in [-0.39, 0.29) is 22.2 Å². The van der Waals surface area contributed by atoms with Gasteiger partial charge in [-0.1, -0.05) is 45.0 Å². The molecule has 2 saturated carbocycles. The predicted octanol–water partition coefficient (Wildman–Crippen LogP) is 5.25. The number of carbonyl (C=O) groups is 1. The Morgan fingerprint density at radius 2 is 1.91 bits per heavy atom. The normalized spacial score (nSPS) is 37.2. The average molecular weight is 471 g/mol. The molecule has 2 aromatic rings. The Hall–Kier alpha value is -2.33. The summed E-state index contributed by atoms with van der Waals surface area (Å²) >= 11 is 0. The Balaban J connectivity index is 1.35. The molecule has 0 aromatic heterocycles. The van der Waals surface area contributed by atoms with Crippen molar-refractivity contribution >= 4 is 5.91 Å². The third-order valence-corrected chi connectivity index (χ3v) is 10.5. The molecular weight excluding hydrogens is 432 g/mol. The Morgan fingerprint density at radius 3 is 2.69 bits per heavy atom. The van der Waals surface area contributed by atoms with Crippen molar-refractivity contribution in [3.8, 4) is 5.75 Å². The maximum Gasteiger partial charge on any atom is 0.254 e. The molecule has 7 rings (SSSR count). The standard InChI is InChI=1S/C31H38N2O2/c1-29(2,3)19-32-14-13-31-24-16-23(34)10-9-21(24)15-26(32)30(31)12-11-25-27(31)22(17-30)18-33(25)28(35)20-7-5-4-6-8-20/h4-10,16,22,25-27,34H,11-15,17-19H2,1-3H3/t22-,25?,26?,27?,30?,31?/m1/s1. The molecule has 4 bridgehead atoms. The Morgan fingerprint density at radius 1 is 1.11 bits per heavy atom. The van der Waals surface area contributed by atoms with Crippen LogP contribution in [-0.4, -0.2) is 52.5 Å². The van der Waals surface area contributed by atoms with Crippen molar-refractivity contribution in [3.05, 3.63) is 65.2 Å². The molecule has 2 saturated heterocycles. The average Bonchev–Trinajstić information content (AvgIpc) is 3.27. The molecule has 6 atom stereocenters. The van der Waals surface area contributed by atoms with Gasteiger partial charge in [-0.2, -0.15) is 0 Å². The monoisotopic (exact) mass is 470 g/mol. The van der Waals surface area contributed by atoms with Gasteiger partial charge in [-0.25, -0.2) is 0 Å². The van der Waals surface area contributed by atoms with Crippen LogP contribution in [0.25, 0.3) is 0 Å². The number of fused-ring (bicyclic) bond motifs is 1. The molecule has 4 nitrogen and oxygen atoms in total. The quantitative estimate of drug-likeness (QED) is 0.652. The van der Waals surface area contributed by atoms with Gasteiger partial charge in [0.25, 0.3) is 5.91 Å². The summed E-state index contributed by atoms with van der Waals surface area (Å²) in [5.74, 6) is 1.67. The van der Waals surface area contributed by atoms with Crippen molar-refractivity contribution in [3.63, 3.8) is 0 Å². The summed E-state index contributed by atoms with van der Waals surface area (Å²) < 4.78 is 0. The summed E-state index contributed by atoms with van der Waals surface area (Å²) in [5.41, 5.74) is 4.31. The molecule has 5 unspecified atom stereocenters. The second-order valence-corrected chi connectivity index (χ2v) is 13.4. The second-order valence-electron chi connectivity index (χ2n) is 13.4. The topological polar surface area (TPSA) is 43.8 Å². The third-order valence-electron chi connectivity index (χ3n) is 10.5. The Bertz CT molecular complexity index is 1190. The van der Waals surface area contributed by atoms with Crippen LogP contribution in [0.2, 0.25) is 0 Å². The van der Waals surface area contributed by atoms with Crippen LogP contribution < -0.4 is 0 Å². The molecule has 5 aliphatic rings. The van der Waals surface area contributed by atoms with E-state index in [9.17, 15) is 9.90 Å². The van der Waals surface area contributed by atoms with E-state index in [0.29, 0.717) is 29.7 Å². The first kappa shape index (κ1) is 21.9. The maximum atomic E-state index is 13.7. The van der Waals surface area contributed by atoms with Gasteiger partial charge in [0, 0.05) is 36.2 Å². The van der Waals surface area contributed by atoms with Crippen molar-refractivity contribution < 1.29 is 9.90 Å². The lowest BCUT2D eigenvalue weighted by Crippen LogP contribution is -2.70. The van der Waals surface area contributed by atoms with Crippen molar-refractivity contribution in [2.75, 3.05) is 19.6 Å². The van der Waals surface area contributed by atoms with Crippen LogP contribution in [0.15, 0.2) is 48.5 Å². The molecule has 4 heteroatoms. The molecule has 3 aliphatic carbocycles.